The highest BCUT2D eigenvalue weighted by atomic mass is 16.7. The monoisotopic (exact) mass is 417 g/mol. The van der Waals surface area contributed by atoms with Gasteiger partial charge in [0.2, 0.25) is 0 Å². The minimum atomic E-state index is 0.0365. The lowest BCUT2D eigenvalue weighted by Gasteiger charge is -2.53. The van der Waals surface area contributed by atoms with Crippen LogP contribution < -0.4 is 0 Å². The molecule has 2 heteroatoms. The number of hydrogen-bond donors (Lipinski definition) is 0. The molecule has 4 saturated carbocycles. The lowest BCUT2D eigenvalue weighted by Crippen LogP contribution is -2.59. The summed E-state index contributed by atoms with van der Waals surface area (Å²) < 4.78 is 0. The Bertz CT molecular complexity index is 685. The molecule has 4 aliphatic rings. The lowest BCUT2D eigenvalue weighted by molar-refractivity contribution is -0.308. The van der Waals surface area contributed by atoms with Gasteiger partial charge in [-0.2, -0.15) is 5.06 Å². The van der Waals surface area contributed by atoms with Gasteiger partial charge >= 0.3 is 0 Å². The molecule has 0 amide bonds. The van der Waals surface area contributed by atoms with Crippen LogP contribution in [0.15, 0.2) is 0 Å². The molecular formula is C28H51NO. The molecule has 2 unspecified atom stereocenters. The van der Waals surface area contributed by atoms with Crippen molar-refractivity contribution in [1.29, 1.82) is 0 Å². The third-order valence-corrected chi connectivity index (χ3v) is 11.5. The Hall–Kier alpha value is -0.0800. The zero-order valence-electron chi connectivity index (χ0n) is 22.1. The molecule has 0 aromatic carbocycles. The van der Waals surface area contributed by atoms with Gasteiger partial charge in [0.1, 0.15) is 0 Å². The second-order valence-corrected chi connectivity index (χ2v) is 15.2. The largest absolute Gasteiger partial charge is 0.294 e. The third kappa shape index (κ3) is 3.01. The predicted molar refractivity (Wildman–Crippen MR) is 127 cm³/mol. The summed E-state index contributed by atoms with van der Waals surface area (Å²) >= 11 is 0. The van der Waals surface area contributed by atoms with E-state index in [9.17, 15) is 0 Å². The van der Waals surface area contributed by atoms with Crippen LogP contribution in [0.4, 0.5) is 0 Å². The standard InChI is InChI=1S/C28H51NO/c1-23(2,3)18-24(4,5)29(21-16-19-12-14-27(21,10)25(19,6)7)30-22-17-20-13-15-28(22,11)26(20,8)9/h19-22H,12-18H2,1-11H3/t19-,20-,21?,22?,27+,28+/m1/s1. The molecule has 0 saturated heterocycles. The molecule has 4 aliphatic carbocycles. The molecule has 2 nitrogen and oxygen atoms in total. The van der Waals surface area contributed by atoms with Gasteiger partial charge in [-0.05, 0) is 92.3 Å². The summed E-state index contributed by atoms with van der Waals surface area (Å²) in [4.78, 5) is 7.32. The Morgan fingerprint density at radius 2 is 1.27 bits per heavy atom. The maximum absolute atomic E-state index is 7.32. The molecule has 0 aromatic heterocycles. The van der Waals surface area contributed by atoms with Crippen molar-refractivity contribution in [3.05, 3.63) is 0 Å². The average molecular weight is 418 g/mol. The summed E-state index contributed by atoms with van der Waals surface area (Å²) in [6.45, 7) is 27.3. The van der Waals surface area contributed by atoms with Gasteiger partial charge in [-0.15, -0.1) is 0 Å². The van der Waals surface area contributed by atoms with Crippen LogP contribution in [-0.4, -0.2) is 22.7 Å². The molecule has 0 radical (unpaired) electrons. The topological polar surface area (TPSA) is 12.5 Å². The van der Waals surface area contributed by atoms with E-state index in [1.54, 1.807) is 0 Å². The van der Waals surface area contributed by atoms with Crippen molar-refractivity contribution < 1.29 is 4.84 Å². The second-order valence-electron chi connectivity index (χ2n) is 15.2. The SMILES string of the molecule is CC(C)(C)CC(C)(C)N(OC1C[C@H]2CC[C@]1(C)C2(C)C)C1C[C@H]2CC[C@]1(C)C2(C)C. The van der Waals surface area contributed by atoms with Crippen LogP contribution in [0.5, 0.6) is 0 Å². The number of hydrogen-bond acceptors (Lipinski definition) is 2. The van der Waals surface area contributed by atoms with Gasteiger partial charge in [-0.1, -0.05) is 62.3 Å². The molecular weight excluding hydrogens is 366 g/mol. The maximum atomic E-state index is 7.32. The van der Waals surface area contributed by atoms with Gasteiger partial charge in [-0.25, -0.2) is 0 Å². The van der Waals surface area contributed by atoms with Gasteiger partial charge in [0.05, 0.1) is 6.10 Å². The van der Waals surface area contributed by atoms with Gasteiger partial charge in [-0.3, -0.25) is 4.84 Å². The van der Waals surface area contributed by atoms with E-state index in [0.717, 1.165) is 18.3 Å². The molecule has 4 bridgehead atoms. The van der Waals surface area contributed by atoms with Crippen LogP contribution >= 0.6 is 0 Å². The number of fused-ring (bicyclic) bond motifs is 4. The number of hydroxylamine groups is 2. The molecule has 0 aliphatic heterocycles. The van der Waals surface area contributed by atoms with Crippen LogP contribution in [0, 0.1) is 38.9 Å². The summed E-state index contributed by atoms with van der Waals surface area (Å²) in [6, 6.07) is 0.537. The lowest BCUT2D eigenvalue weighted by atomic mass is 9.68. The van der Waals surface area contributed by atoms with Crippen molar-refractivity contribution >= 4 is 0 Å². The highest BCUT2D eigenvalue weighted by molar-refractivity contribution is 5.15. The Balaban J connectivity index is 1.68. The van der Waals surface area contributed by atoms with Gasteiger partial charge in [0, 0.05) is 17.0 Å². The van der Waals surface area contributed by atoms with E-state index in [0.29, 0.717) is 33.8 Å². The molecule has 0 spiro atoms. The van der Waals surface area contributed by atoms with E-state index in [1.807, 2.05) is 0 Å². The summed E-state index contributed by atoms with van der Waals surface area (Å²) in [5, 5.41) is 2.60. The van der Waals surface area contributed by atoms with Crippen LogP contribution in [-0.2, 0) is 4.84 Å². The minimum Gasteiger partial charge on any atom is -0.294 e. The highest BCUT2D eigenvalue weighted by Gasteiger charge is 2.67. The van der Waals surface area contributed by atoms with Crippen molar-refractivity contribution in [3.8, 4) is 0 Å². The van der Waals surface area contributed by atoms with E-state index >= 15 is 0 Å². The summed E-state index contributed by atoms with van der Waals surface area (Å²) in [6.07, 6.45) is 9.59. The number of nitrogens with zero attached hydrogens (tertiary/aromatic N) is 1. The van der Waals surface area contributed by atoms with Gasteiger partial charge in [0.15, 0.2) is 0 Å². The van der Waals surface area contributed by atoms with E-state index in [4.69, 9.17) is 4.84 Å². The quantitative estimate of drug-likeness (QED) is 0.422. The first-order chi connectivity index (χ1) is 13.5. The molecule has 0 heterocycles. The molecule has 4 rings (SSSR count). The van der Waals surface area contributed by atoms with E-state index in [1.165, 1.54) is 38.5 Å². The van der Waals surface area contributed by atoms with Gasteiger partial charge < -0.3 is 0 Å². The molecule has 0 aromatic rings. The van der Waals surface area contributed by atoms with Crippen molar-refractivity contribution in [1.82, 2.24) is 5.06 Å². The van der Waals surface area contributed by atoms with Crippen LogP contribution in [0.25, 0.3) is 0 Å². The summed E-state index contributed by atoms with van der Waals surface area (Å²) in [5.41, 5.74) is 1.79. The van der Waals surface area contributed by atoms with Gasteiger partial charge in [0.25, 0.3) is 0 Å². The second kappa shape index (κ2) is 6.49. The minimum absolute atomic E-state index is 0.0365. The smallest absolute Gasteiger partial charge is 0.0855 e. The highest BCUT2D eigenvalue weighted by Crippen LogP contribution is 2.69. The first-order valence-corrected chi connectivity index (χ1v) is 12.9. The fraction of sp³-hybridized carbons (Fsp3) is 1.00. The van der Waals surface area contributed by atoms with E-state index in [-0.39, 0.29) is 11.0 Å². The zero-order valence-corrected chi connectivity index (χ0v) is 22.1. The molecule has 0 N–H and O–H groups in total. The Morgan fingerprint density at radius 1 is 0.767 bits per heavy atom. The first kappa shape index (κ1) is 23.1. The van der Waals surface area contributed by atoms with Crippen LogP contribution in [0.1, 0.15) is 121 Å². The molecule has 30 heavy (non-hydrogen) atoms. The first-order valence-electron chi connectivity index (χ1n) is 12.9. The van der Waals surface area contributed by atoms with Crippen molar-refractivity contribution in [2.75, 3.05) is 0 Å². The van der Waals surface area contributed by atoms with Crippen LogP contribution in [0.2, 0.25) is 0 Å². The van der Waals surface area contributed by atoms with E-state index < -0.39 is 0 Å². The molecule has 174 valence electrons. The number of rotatable bonds is 5. The fourth-order valence-corrected chi connectivity index (χ4v) is 8.96. The molecule has 6 atom stereocenters. The summed E-state index contributed by atoms with van der Waals surface area (Å²) in [5.74, 6) is 1.67. The predicted octanol–water partition coefficient (Wildman–Crippen LogP) is 7.86. The van der Waals surface area contributed by atoms with E-state index in [2.05, 4.69) is 81.2 Å². The Labute approximate surface area is 187 Å². The zero-order chi connectivity index (χ0) is 22.5. The normalized spacial score (nSPS) is 44.4. The molecule has 4 fully saturated rings. The van der Waals surface area contributed by atoms with Crippen molar-refractivity contribution in [2.24, 2.45) is 38.9 Å². The summed E-state index contributed by atoms with van der Waals surface area (Å²) in [7, 11) is 0. The maximum Gasteiger partial charge on any atom is 0.0855 e. The Morgan fingerprint density at radius 3 is 1.63 bits per heavy atom. The third-order valence-electron chi connectivity index (χ3n) is 11.5. The Kier molecular flexibility index (Phi) is 5.00. The van der Waals surface area contributed by atoms with Crippen LogP contribution in [0.3, 0.4) is 0 Å². The van der Waals surface area contributed by atoms with Crippen molar-refractivity contribution in [2.45, 2.75) is 139 Å². The fourth-order valence-electron chi connectivity index (χ4n) is 8.96. The average Bonchev–Trinajstić information content (AvgIpc) is 3.08. The van der Waals surface area contributed by atoms with Crippen molar-refractivity contribution in [3.63, 3.8) is 0 Å².